The molecule has 0 aliphatic rings. The van der Waals surface area contributed by atoms with E-state index in [2.05, 4.69) is 15.6 Å². The van der Waals surface area contributed by atoms with E-state index in [-0.39, 0.29) is 17.3 Å². The summed E-state index contributed by atoms with van der Waals surface area (Å²) >= 11 is 0. The van der Waals surface area contributed by atoms with Gasteiger partial charge in [-0.25, -0.2) is 4.98 Å². The van der Waals surface area contributed by atoms with E-state index in [1.54, 1.807) is 24.0 Å². The Hall–Kier alpha value is -1.85. The van der Waals surface area contributed by atoms with Crippen LogP contribution in [0, 0.1) is 5.41 Å². The fraction of sp³-hybridized carbons (Fsp3) is 0.615. The second kappa shape index (κ2) is 6.36. The predicted molar refractivity (Wildman–Crippen MR) is 75.1 cm³/mol. The van der Waals surface area contributed by atoms with E-state index in [1.807, 2.05) is 20.8 Å². The third-order valence-electron chi connectivity index (χ3n) is 2.92. The smallest absolute Gasteiger partial charge is 0.293 e. The number of carbonyl (C=O) groups excluding carboxylic acids is 1. The number of nitrogens with zero attached hydrogens (tertiary/aromatic N) is 2. The minimum Gasteiger partial charge on any atom is -0.364 e. The standard InChI is InChI=1S/C13H22N4O2/c1-5-7-17-8-6-15-10(11(17)18)16-9-13(2,3)12(19)14-4/h6,8H,5,7,9H2,1-4H3,(H,14,19)(H,15,16). The van der Waals surface area contributed by atoms with Gasteiger partial charge in [0.1, 0.15) is 0 Å². The van der Waals surface area contributed by atoms with Crippen molar-refractivity contribution in [2.24, 2.45) is 5.41 Å². The van der Waals surface area contributed by atoms with Gasteiger partial charge in [0.2, 0.25) is 5.91 Å². The molecule has 0 spiro atoms. The molecule has 0 saturated heterocycles. The summed E-state index contributed by atoms with van der Waals surface area (Å²) in [5.74, 6) is 0.206. The van der Waals surface area contributed by atoms with Crippen molar-refractivity contribution in [1.82, 2.24) is 14.9 Å². The van der Waals surface area contributed by atoms with Crippen LogP contribution < -0.4 is 16.2 Å². The van der Waals surface area contributed by atoms with E-state index in [4.69, 9.17) is 0 Å². The maximum atomic E-state index is 12.1. The van der Waals surface area contributed by atoms with Crippen molar-refractivity contribution in [2.75, 3.05) is 18.9 Å². The lowest BCUT2D eigenvalue weighted by Gasteiger charge is -2.23. The number of amides is 1. The minimum atomic E-state index is -0.603. The number of rotatable bonds is 6. The largest absolute Gasteiger partial charge is 0.364 e. The number of aryl methyl sites for hydroxylation is 1. The van der Waals surface area contributed by atoms with Crippen molar-refractivity contribution in [3.8, 4) is 0 Å². The SMILES string of the molecule is CCCn1ccnc(NCC(C)(C)C(=O)NC)c1=O. The summed E-state index contributed by atoms with van der Waals surface area (Å²) in [4.78, 5) is 27.7. The quantitative estimate of drug-likeness (QED) is 0.800. The second-order valence-electron chi connectivity index (χ2n) is 5.09. The number of hydrogen-bond acceptors (Lipinski definition) is 4. The summed E-state index contributed by atoms with van der Waals surface area (Å²) in [7, 11) is 1.60. The first-order chi connectivity index (χ1) is 8.92. The van der Waals surface area contributed by atoms with Gasteiger partial charge in [-0.15, -0.1) is 0 Å². The van der Waals surface area contributed by atoms with Crippen LogP contribution in [0.25, 0.3) is 0 Å². The van der Waals surface area contributed by atoms with Gasteiger partial charge < -0.3 is 15.2 Å². The van der Waals surface area contributed by atoms with E-state index >= 15 is 0 Å². The summed E-state index contributed by atoms with van der Waals surface area (Å²) in [6, 6.07) is 0. The Morgan fingerprint density at radius 2 is 2.16 bits per heavy atom. The topological polar surface area (TPSA) is 76.0 Å². The third-order valence-corrected chi connectivity index (χ3v) is 2.92. The van der Waals surface area contributed by atoms with Crippen molar-refractivity contribution in [2.45, 2.75) is 33.7 Å². The minimum absolute atomic E-state index is 0.0789. The average molecular weight is 266 g/mol. The van der Waals surface area contributed by atoms with Gasteiger partial charge in [-0.1, -0.05) is 6.92 Å². The van der Waals surface area contributed by atoms with Crippen LogP contribution in [0.5, 0.6) is 0 Å². The molecule has 0 fully saturated rings. The van der Waals surface area contributed by atoms with Crippen LogP contribution in [-0.4, -0.2) is 29.1 Å². The van der Waals surface area contributed by atoms with Crippen LogP contribution in [-0.2, 0) is 11.3 Å². The number of hydrogen-bond donors (Lipinski definition) is 2. The lowest BCUT2D eigenvalue weighted by atomic mass is 9.92. The Bertz CT molecular complexity index is 494. The van der Waals surface area contributed by atoms with Crippen molar-refractivity contribution < 1.29 is 4.79 Å². The number of nitrogens with one attached hydrogen (secondary N) is 2. The fourth-order valence-electron chi connectivity index (χ4n) is 1.71. The van der Waals surface area contributed by atoms with Crippen molar-refractivity contribution in [3.63, 3.8) is 0 Å². The molecule has 0 atom stereocenters. The molecule has 6 heteroatoms. The van der Waals surface area contributed by atoms with E-state index in [0.29, 0.717) is 13.1 Å². The summed E-state index contributed by atoms with van der Waals surface area (Å²) in [6.45, 7) is 6.65. The molecular formula is C13H22N4O2. The lowest BCUT2D eigenvalue weighted by Crippen LogP contribution is -2.40. The Morgan fingerprint density at radius 3 is 2.74 bits per heavy atom. The van der Waals surface area contributed by atoms with Crippen molar-refractivity contribution in [1.29, 1.82) is 0 Å². The van der Waals surface area contributed by atoms with E-state index in [9.17, 15) is 9.59 Å². The van der Waals surface area contributed by atoms with Gasteiger partial charge in [-0.2, -0.15) is 0 Å². The summed E-state index contributed by atoms with van der Waals surface area (Å²) in [6.07, 6.45) is 4.14. The third kappa shape index (κ3) is 3.81. The predicted octanol–water partition coefficient (Wildman–Crippen LogP) is 0.837. The molecule has 6 nitrogen and oxygen atoms in total. The summed E-state index contributed by atoms with van der Waals surface area (Å²) in [5.41, 5.74) is -0.758. The first kappa shape index (κ1) is 15.2. The van der Waals surface area contributed by atoms with Gasteiger partial charge in [0.05, 0.1) is 5.41 Å². The monoisotopic (exact) mass is 266 g/mol. The average Bonchev–Trinajstić information content (AvgIpc) is 2.39. The van der Waals surface area contributed by atoms with E-state index in [1.165, 1.54) is 0 Å². The first-order valence-electron chi connectivity index (χ1n) is 6.44. The van der Waals surface area contributed by atoms with Crippen LogP contribution >= 0.6 is 0 Å². The van der Waals surface area contributed by atoms with Crippen molar-refractivity contribution in [3.05, 3.63) is 22.7 Å². The highest BCUT2D eigenvalue weighted by Crippen LogP contribution is 2.14. The van der Waals surface area contributed by atoms with Gasteiger partial charge >= 0.3 is 0 Å². The number of anilines is 1. The Labute approximate surface area is 113 Å². The van der Waals surface area contributed by atoms with Crippen LogP contribution in [0.15, 0.2) is 17.2 Å². The Morgan fingerprint density at radius 1 is 1.47 bits per heavy atom. The van der Waals surface area contributed by atoms with E-state index < -0.39 is 5.41 Å². The number of aromatic nitrogens is 2. The zero-order chi connectivity index (χ0) is 14.5. The van der Waals surface area contributed by atoms with Crippen LogP contribution in [0.3, 0.4) is 0 Å². The molecule has 1 aromatic heterocycles. The fourth-order valence-corrected chi connectivity index (χ4v) is 1.71. The second-order valence-corrected chi connectivity index (χ2v) is 5.09. The van der Waals surface area contributed by atoms with Gasteiger partial charge in [0.15, 0.2) is 5.82 Å². The molecule has 0 saturated carbocycles. The zero-order valence-electron chi connectivity index (χ0n) is 12.0. The van der Waals surface area contributed by atoms with Crippen molar-refractivity contribution >= 4 is 11.7 Å². The molecular weight excluding hydrogens is 244 g/mol. The summed E-state index contributed by atoms with van der Waals surface area (Å²) in [5, 5.41) is 5.57. The van der Waals surface area contributed by atoms with Crippen LogP contribution in [0.1, 0.15) is 27.2 Å². The number of carbonyl (C=O) groups is 1. The molecule has 106 valence electrons. The molecule has 19 heavy (non-hydrogen) atoms. The molecule has 1 heterocycles. The first-order valence-corrected chi connectivity index (χ1v) is 6.44. The maximum Gasteiger partial charge on any atom is 0.293 e. The molecule has 0 radical (unpaired) electrons. The molecule has 0 aliphatic heterocycles. The molecule has 0 bridgehead atoms. The normalized spacial score (nSPS) is 11.2. The maximum absolute atomic E-state index is 12.1. The molecule has 1 rings (SSSR count). The molecule has 2 N–H and O–H groups in total. The Balaban J connectivity index is 2.81. The van der Waals surface area contributed by atoms with Gasteiger partial charge in [-0.05, 0) is 20.3 Å². The lowest BCUT2D eigenvalue weighted by molar-refractivity contribution is -0.128. The highest BCUT2D eigenvalue weighted by atomic mass is 16.2. The van der Waals surface area contributed by atoms with Gasteiger partial charge in [0.25, 0.3) is 5.56 Å². The molecule has 0 unspecified atom stereocenters. The highest BCUT2D eigenvalue weighted by molar-refractivity contribution is 5.82. The van der Waals surface area contributed by atoms with Crippen LogP contribution in [0.4, 0.5) is 5.82 Å². The molecule has 0 aromatic carbocycles. The zero-order valence-corrected chi connectivity index (χ0v) is 12.0. The molecule has 1 amide bonds. The molecule has 1 aromatic rings. The van der Waals surface area contributed by atoms with Crippen LogP contribution in [0.2, 0.25) is 0 Å². The summed E-state index contributed by atoms with van der Waals surface area (Å²) < 4.78 is 1.61. The van der Waals surface area contributed by atoms with Gasteiger partial charge in [0, 0.05) is 32.5 Å². The molecule has 0 aliphatic carbocycles. The van der Waals surface area contributed by atoms with Gasteiger partial charge in [-0.3, -0.25) is 9.59 Å². The Kier molecular flexibility index (Phi) is 5.09. The highest BCUT2D eigenvalue weighted by Gasteiger charge is 2.26. The van der Waals surface area contributed by atoms with E-state index in [0.717, 1.165) is 6.42 Å².